The Labute approximate surface area is 220 Å². The SMILES string of the molecule is CSC(=S)C1CCCc2c(-c3ccccc3)cc(-c3ccccc3)[n+](-c3ccc(Cl)c(Cl)c3)c21. The largest absolute Gasteiger partial charge is 0.219 e. The molecule has 34 heavy (non-hydrogen) atoms. The highest BCUT2D eigenvalue weighted by Gasteiger charge is 2.38. The predicted molar refractivity (Wildman–Crippen MR) is 151 cm³/mol. The molecule has 0 saturated heterocycles. The number of benzene rings is 3. The number of rotatable bonds is 4. The van der Waals surface area contributed by atoms with Gasteiger partial charge in [0.15, 0.2) is 0 Å². The standard InChI is InChI=1S/C29H24Cl2NS2/c1-34-29(33)23-14-8-13-22-24(19-9-4-2-5-10-19)18-27(20-11-6-3-7-12-20)32(28(22)23)21-15-16-25(30)26(31)17-21/h2-7,9-12,15-18,23H,8,13-14H2,1H3/q+1. The fourth-order valence-corrected chi connectivity index (χ4v) is 5.95. The molecule has 1 unspecified atom stereocenters. The Bertz CT molecular complexity index is 1350. The highest BCUT2D eigenvalue weighted by Crippen LogP contribution is 2.41. The van der Waals surface area contributed by atoms with Crippen molar-refractivity contribution in [3.05, 3.63) is 106 Å². The highest BCUT2D eigenvalue weighted by molar-refractivity contribution is 8.22. The highest BCUT2D eigenvalue weighted by atomic mass is 35.5. The van der Waals surface area contributed by atoms with E-state index in [0.29, 0.717) is 10.0 Å². The van der Waals surface area contributed by atoms with Crippen molar-refractivity contribution in [2.75, 3.05) is 6.26 Å². The van der Waals surface area contributed by atoms with E-state index in [1.54, 1.807) is 11.8 Å². The number of hydrogen-bond acceptors (Lipinski definition) is 2. The first-order valence-electron chi connectivity index (χ1n) is 11.3. The monoisotopic (exact) mass is 520 g/mol. The molecule has 5 rings (SSSR count). The topological polar surface area (TPSA) is 3.88 Å². The number of halogens is 2. The van der Waals surface area contributed by atoms with E-state index in [2.05, 4.69) is 83.6 Å². The Hall–Kier alpha value is -2.17. The molecule has 0 spiro atoms. The van der Waals surface area contributed by atoms with E-state index >= 15 is 0 Å². The van der Waals surface area contributed by atoms with Crippen molar-refractivity contribution >= 4 is 51.4 Å². The van der Waals surface area contributed by atoms with Gasteiger partial charge in [0.25, 0.3) is 0 Å². The van der Waals surface area contributed by atoms with Gasteiger partial charge in [-0.3, -0.25) is 0 Å². The summed E-state index contributed by atoms with van der Waals surface area (Å²) in [5, 5.41) is 1.10. The van der Waals surface area contributed by atoms with Crippen LogP contribution in [-0.2, 0) is 6.42 Å². The summed E-state index contributed by atoms with van der Waals surface area (Å²) < 4.78 is 3.39. The summed E-state index contributed by atoms with van der Waals surface area (Å²) in [6.07, 6.45) is 5.26. The zero-order valence-electron chi connectivity index (χ0n) is 18.8. The Kier molecular flexibility index (Phi) is 7.08. The molecule has 1 aliphatic rings. The average molecular weight is 522 g/mol. The van der Waals surface area contributed by atoms with Gasteiger partial charge < -0.3 is 0 Å². The number of fused-ring (bicyclic) bond motifs is 1. The van der Waals surface area contributed by atoms with E-state index in [1.807, 2.05) is 12.1 Å². The second kappa shape index (κ2) is 10.2. The Morgan fingerprint density at radius 2 is 1.56 bits per heavy atom. The van der Waals surface area contributed by atoms with E-state index < -0.39 is 0 Å². The van der Waals surface area contributed by atoms with Crippen molar-refractivity contribution in [2.45, 2.75) is 25.2 Å². The van der Waals surface area contributed by atoms with Gasteiger partial charge in [-0.15, -0.1) is 11.8 Å². The van der Waals surface area contributed by atoms with Crippen molar-refractivity contribution in [2.24, 2.45) is 0 Å². The molecule has 1 aliphatic carbocycles. The van der Waals surface area contributed by atoms with Crippen LogP contribution in [0.1, 0.15) is 30.0 Å². The minimum Gasteiger partial charge on any atom is -0.156 e. The number of thioether (sulfide) groups is 1. The summed E-state index contributed by atoms with van der Waals surface area (Å²) >= 11 is 20.4. The van der Waals surface area contributed by atoms with E-state index in [4.69, 9.17) is 35.4 Å². The van der Waals surface area contributed by atoms with Gasteiger partial charge in [-0.25, -0.2) is 0 Å². The van der Waals surface area contributed by atoms with Crippen LogP contribution in [0.4, 0.5) is 0 Å². The molecule has 170 valence electrons. The molecule has 1 heterocycles. The van der Waals surface area contributed by atoms with Crippen molar-refractivity contribution in [1.82, 2.24) is 0 Å². The van der Waals surface area contributed by atoms with Crippen LogP contribution < -0.4 is 4.57 Å². The second-order valence-corrected chi connectivity index (χ2v) is 10.8. The van der Waals surface area contributed by atoms with Crippen molar-refractivity contribution in [3.8, 4) is 28.1 Å². The van der Waals surface area contributed by atoms with Crippen LogP contribution in [-0.4, -0.2) is 10.5 Å². The number of thiocarbonyl (C=S) groups is 1. The Morgan fingerprint density at radius 3 is 2.21 bits per heavy atom. The van der Waals surface area contributed by atoms with E-state index in [-0.39, 0.29) is 5.92 Å². The lowest BCUT2D eigenvalue weighted by Gasteiger charge is -2.26. The van der Waals surface area contributed by atoms with Crippen LogP contribution in [0.25, 0.3) is 28.1 Å². The number of aromatic nitrogens is 1. The van der Waals surface area contributed by atoms with Crippen molar-refractivity contribution in [1.29, 1.82) is 0 Å². The van der Waals surface area contributed by atoms with Gasteiger partial charge in [-0.2, -0.15) is 4.57 Å². The molecule has 0 aliphatic heterocycles. The molecule has 0 saturated carbocycles. The first-order chi connectivity index (χ1) is 16.6. The minimum absolute atomic E-state index is 0.175. The first-order valence-corrected chi connectivity index (χ1v) is 13.7. The lowest BCUT2D eigenvalue weighted by atomic mass is 9.82. The predicted octanol–water partition coefficient (Wildman–Crippen LogP) is 8.71. The smallest absolute Gasteiger partial charge is 0.156 e. The summed E-state index contributed by atoms with van der Waals surface area (Å²) in [6.45, 7) is 0. The fraction of sp³-hybridized carbons (Fsp3) is 0.172. The summed E-state index contributed by atoms with van der Waals surface area (Å²) in [4.78, 5) is 0. The third kappa shape index (κ3) is 4.43. The maximum absolute atomic E-state index is 6.52. The maximum atomic E-state index is 6.52. The van der Waals surface area contributed by atoms with Gasteiger partial charge in [0, 0.05) is 29.3 Å². The van der Waals surface area contributed by atoms with Crippen LogP contribution >= 0.6 is 47.2 Å². The van der Waals surface area contributed by atoms with Crippen LogP contribution in [0, 0.1) is 0 Å². The van der Waals surface area contributed by atoms with Crippen LogP contribution in [0.2, 0.25) is 10.0 Å². The Morgan fingerprint density at radius 1 is 0.882 bits per heavy atom. The Balaban J connectivity index is 1.92. The van der Waals surface area contributed by atoms with Gasteiger partial charge in [-0.05, 0) is 54.8 Å². The molecule has 0 radical (unpaired) electrons. The molecule has 0 fully saturated rings. The molecule has 3 aromatic carbocycles. The molecule has 1 atom stereocenters. The number of nitrogens with zero attached hydrogens (tertiary/aromatic N) is 1. The normalized spacial score (nSPS) is 15.1. The van der Waals surface area contributed by atoms with Gasteiger partial charge in [0.2, 0.25) is 17.1 Å². The third-order valence-corrected chi connectivity index (χ3v) is 8.66. The van der Waals surface area contributed by atoms with Gasteiger partial charge >= 0.3 is 0 Å². The third-order valence-electron chi connectivity index (χ3n) is 6.45. The minimum atomic E-state index is 0.175. The van der Waals surface area contributed by atoms with Gasteiger partial charge in [0.1, 0.15) is 0 Å². The quantitative estimate of drug-likeness (QED) is 0.195. The first kappa shape index (κ1) is 23.6. The van der Waals surface area contributed by atoms with E-state index in [9.17, 15) is 0 Å². The van der Waals surface area contributed by atoms with Crippen LogP contribution in [0.15, 0.2) is 84.9 Å². The molecular weight excluding hydrogens is 497 g/mol. The van der Waals surface area contributed by atoms with Gasteiger partial charge in [0.05, 0.1) is 20.2 Å². The second-order valence-electron chi connectivity index (χ2n) is 8.44. The van der Waals surface area contributed by atoms with Crippen molar-refractivity contribution < 1.29 is 4.57 Å². The molecule has 0 amide bonds. The van der Waals surface area contributed by atoms with Crippen LogP contribution in [0.3, 0.4) is 0 Å². The number of hydrogen-bond donors (Lipinski definition) is 0. The lowest BCUT2D eigenvalue weighted by molar-refractivity contribution is -0.594. The lowest BCUT2D eigenvalue weighted by Crippen LogP contribution is -2.43. The maximum Gasteiger partial charge on any atom is 0.219 e. The van der Waals surface area contributed by atoms with Crippen molar-refractivity contribution in [3.63, 3.8) is 0 Å². The van der Waals surface area contributed by atoms with E-state index in [1.165, 1.54) is 22.4 Å². The van der Waals surface area contributed by atoms with Crippen LogP contribution in [0.5, 0.6) is 0 Å². The summed E-state index contributed by atoms with van der Waals surface area (Å²) in [7, 11) is 0. The molecule has 1 aromatic heterocycles. The van der Waals surface area contributed by atoms with E-state index in [0.717, 1.165) is 40.4 Å². The average Bonchev–Trinajstić information content (AvgIpc) is 2.89. The fourth-order valence-electron chi connectivity index (χ4n) is 4.91. The number of pyridine rings is 1. The molecule has 0 bridgehead atoms. The summed E-state index contributed by atoms with van der Waals surface area (Å²) in [5.41, 5.74) is 8.40. The summed E-state index contributed by atoms with van der Waals surface area (Å²) in [6, 6.07) is 29.4. The zero-order valence-corrected chi connectivity index (χ0v) is 21.9. The molecule has 1 nitrogen and oxygen atoms in total. The molecule has 4 aromatic rings. The molecular formula is C29H24Cl2NS2+. The zero-order chi connectivity index (χ0) is 23.7. The molecule has 0 N–H and O–H groups in total. The molecule has 5 heteroatoms. The van der Waals surface area contributed by atoms with Gasteiger partial charge in [-0.1, -0.05) is 84.0 Å². The summed E-state index contributed by atoms with van der Waals surface area (Å²) in [5.74, 6) is 0.175.